The molecule has 2 aromatic rings. The van der Waals surface area contributed by atoms with Crippen LogP contribution in [-0.4, -0.2) is 63.8 Å². The Hall–Kier alpha value is -1.45. The highest BCUT2D eigenvalue weighted by Gasteiger charge is 2.53. The number of halogens is 4. The molecule has 3 heterocycles. The van der Waals surface area contributed by atoms with Crippen molar-refractivity contribution in [1.82, 2.24) is 4.90 Å². The van der Waals surface area contributed by atoms with Crippen LogP contribution in [0.1, 0.15) is 36.8 Å². The van der Waals surface area contributed by atoms with Crippen LogP contribution in [0.25, 0.3) is 0 Å². The van der Waals surface area contributed by atoms with E-state index >= 15 is 4.39 Å². The summed E-state index contributed by atoms with van der Waals surface area (Å²) in [5.74, 6) is -1.47. The van der Waals surface area contributed by atoms with Gasteiger partial charge in [-0.2, -0.15) is 0 Å². The molecule has 0 saturated carbocycles. The summed E-state index contributed by atoms with van der Waals surface area (Å²) >= 11 is 6.09. The lowest BCUT2D eigenvalue weighted by Crippen LogP contribution is -2.55. The van der Waals surface area contributed by atoms with Gasteiger partial charge in [-0.1, -0.05) is 23.7 Å². The van der Waals surface area contributed by atoms with Gasteiger partial charge < -0.3 is 14.4 Å². The molecule has 37 heavy (non-hydrogen) atoms. The lowest BCUT2D eigenvalue weighted by Gasteiger charge is -2.51. The minimum Gasteiger partial charge on any atom is -0.490 e. The average molecular weight is 577 g/mol. The fraction of sp³-hybridized carbons (Fsp3) is 0.556. The predicted molar refractivity (Wildman–Crippen MR) is 143 cm³/mol. The number of likely N-dealkylation sites (tertiary alicyclic amines) is 1. The zero-order chi connectivity index (χ0) is 25.5. The first-order valence-corrected chi connectivity index (χ1v) is 14.7. The summed E-state index contributed by atoms with van der Waals surface area (Å²) in [5.41, 5.74) is 0.392. The first kappa shape index (κ1) is 28.6. The van der Waals surface area contributed by atoms with Crippen molar-refractivity contribution in [2.45, 2.75) is 48.9 Å². The minimum absolute atomic E-state index is 0. The Kier molecular flexibility index (Phi) is 8.76. The van der Waals surface area contributed by atoms with E-state index < -0.39 is 33.0 Å². The number of sulfone groups is 1. The zero-order valence-corrected chi connectivity index (χ0v) is 23.2. The Balaban J connectivity index is 0.00000320. The Morgan fingerprint density at radius 2 is 1.86 bits per heavy atom. The number of rotatable bonds is 6. The number of piperidine rings is 1. The van der Waals surface area contributed by atoms with Crippen molar-refractivity contribution in [1.29, 1.82) is 0 Å². The van der Waals surface area contributed by atoms with Crippen molar-refractivity contribution in [2.24, 2.45) is 5.92 Å². The van der Waals surface area contributed by atoms with Gasteiger partial charge in [0.1, 0.15) is 5.82 Å². The van der Waals surface area contributed by atoms with Crippen LogP contribution in [0.5, 0.6) is 5.75 Å². The molecule has 0 unspecified atom stereocenters. The van der Waals surface area contributed by atoms with Gasteiger partial charge in [-0.25, -0.2) is 17.2 Å². The Labute approximate surface area is 228 Å². The van der Waals surface area contributed by atoms with E-state index in [1.807, 2.05) is 19.2 Å². The van der Waals surface area contributed by atoms with Gasteiger partial charge in [0.05, 0.1) is 23.7 Å². The van der Waals surface area contributed by atoms with Gasteiger partial charge in [-0.15, -0.1) is 12.4 Å². The van der Waals surface area contributed by atoms with Gasteiger partial charge >= 0.3 is 0 Å². The summed E-state index contributed by atoms with van der Waals surface area (Å²) in [4.78, 5) is 2.06. The minimum atomic E-state index is -3.32. The van der Waals surface area contributed by atoms with Crippen molar-refractivity contribution in [3.8, 4) is 5.75 Å². The SMILES string of the molecule is CN1CCC[C@@H](S(=O)(=O)CC[C@@H]2OCC[C@@]3(Cc4ccc(Cl)cc4)c4c(F)ccc(F)c4OC[C@@H]23)C1.Cl. The van der Waals surface area contributed by atoms with E-state index in [9.17, 15) is 12.8 Å². The van der Waals surface area contributed by atoms with Crippen LogP contribution in [0.2, 0.25) is 5.02 Å². The molecule has 0 spiro atoms. The molecule has 0 aromatic heterocycles. The van der Waals surface area contributed by atoms with E-state index in [1.54, 1.807) is 12.1 Å². The van der Waals surface area contributed by atoms with Gasteiger partial charge in [0.2, 0.25) is 0 Å². The first-order chi connectivity index (χ1) is 17.2. The molecule has 0 aliphatic carbocycles. The molecule has 10 heteroatoms. The number of hydrogen-bond acceptors (Lipinski definition) is 5. The Bertz CT molecular complexity index is 1210. The number of ether oxygens (including phenoxy) is 2. The maximum atomic E-state index is 15.4. The number of benzene rings is 2. The highest BCUT2D eigenvalue weighted by molar-refractivity contribution is 7.92. The van der Waals surface area contributed by atoms with E-state index in [-0.39, 0.29) is 47.2 Å². The van der Waals surface area contributed by atoms with Crippen molar-refractivity contribution >= 4 is 33.8 Å². The summed E-state index contributed by atoms with van der Waals surface area (Å²) in [6, 6.07) is 9.61. The van der Waals surface area contributed by atoms with Crippen molar-refractivity contribution in [3.05, 3.63) is 64.2 Å². The monoisotopic (exact) mass is 575 g/mol. The summed E-state index contributed by atoms with van der Waals surface area (Å²) in [6.45, 7) is 1.92. The molecular formula is C27H33Cl2F2NO4S. The predicted octanol–water partition coefficient (Wildman–Crippen LogP) is 5.22. The topological polar surface area (TPSA) is 55.8 Å². The molecule has 0 N–H and O–H groups in total. The molecular weight excluding hydrogens is 543 g/mol. The summed E-state index contributed by atoms with van der Waals surface area (Å²) in [5, 5.41) is 0.217. The first-order valence-electron chi connectivity index (χ1n) is 12.6. The van der Waals surface area contributed by atoms with Gasteiger partial charge in [0.25, 0.3) is 0 Å². The van der Waals surface area contributed by atoms with Crippen LogP contribution in [-0.2, 0) is 26.4 Å². The quantitative estimate of drug-likeness (QED) is 0.473. The molecule has 2 saturated heterocycles. The molecule has 204 valence electrons. The summed E-state index contributed by atoms with van der Waals surface area (Å²) in [6.07, 6.45) is 2.31. The second-order valence-electron chi connectivity index (χ2n) is 10.5. The van der Waals surface area contributed by atoms with E-state index in [1.165, 1.54) is 0 Å². The maximum Gasteiger partial charge on any atom is 0.165 e. The van der Waals surface area contributed by atoms with E-state index in [2.05, 4.69) is 4.90 Å². The average Bonchev–Trinajstić information content (AvgIpc) is 2.86. The van der Waals surface area contributed by atoms with Crippen LogP contribution < -0.4 is 4.74 Å². The lowest BCUT2D eigenvalue weighted by atomic mass is 9.60. The van der Waals surface area contributed by atoms with Crippen LogP contribution in [0.15, 0.2) is 36.4 Å². The fourth-order valence-electron chi connectivity index (χ4n) is 6.36. The summed E-state index contributed by atoms with van der Waals surface area (Å²) in [7, 11) is -1.38. The molecule has 2 aromatic carbocycles. The second-order valence-corrected chi connectivity index (χ2v) is 13.3. The molecule has 5 rings (SSSR count). The molecule has 5 nitrogen and oxygen atoms in total. The van der Waals surface area contributed by atoms with Crippen molar-refractivity contribution in [3.63, 3.8) is 0 Å². The Morgan fingerprint density at radius 1 is 1.14 bits per heavy atom. The van der Waals surface area contributed by atoms with Crippen LogP contribution in [0.3, 0.4) is 0 Å². The third kappa shape index (κ3) is 5.64. The van der Waals surface area contributed by atoms with Crippen LogP contribution in [0.4, 0.5) is 8.78 Å². The molecule has 3 aliphatic heterocycles. The standard InChI is InChI=1S/C27H32ClF2NO4S.ClH/c1-31-12-2-3-20(16-31)36(32,33)14-10-24-21-17-35-26-23(30)9-8-22(29)25(26)27(21,11-13-34-24)15-18-4-6-19(28)7-5-18;/h4-9,20-21,24H,2-3,10-17H2,1H3;1H/t20-,21+,24+,27+;/m1./s1. The number of hydrogen-bond donors (Lipinski definition) is 0. The van der Waals surface area contributed by atoms with Crippen LogP contribution in [0, 0.1) is 17.6 Å². The largest absolute Gasteiger partial charge is 0.490 e. The number of nitrogens with zero attached hydrogens (tertiary/aromatic N) is 1. The van der Waals surface area contributed by atoms with Gasteiger partial charge in [-0.3, -0.25) is 0 Å². The van der Waals surface area contributed by atoms with Gasteiger partial charge in [0, 0.05) is 35.1 Å². The maximum absolute atomic E-state index is 15.4. The molecule has 2 fully saturated rings. The number of fused-ring (bicyclic) bond motifs is 3. The highest BCUT2D eigenvalue weighted by atomic mass is 35.5. The highest BCUT2D eigenvalue weighted by Crippen LogP contribution is 2.52. The van der Waals surface area contributed by atoms with E-state index in [4.69, 9.17) is 21.1 Å². The molecule has 0 bridgehead atoms. The molecule has 3 aliphatic rings. The van der Waals surface area contributed by atoms with Crippen molar-refractivity contribution in [2.75, 3.05) is 39.1 Å². The van der Waals surface area contributed by atoms with Crippen molar-refractivity contribution < 1.29 is 26.7 Å². The third-order valence-corrected chi connectivity index (χ3v) is 10.7. The molecule has 4 atom stereocenters. The smallest absolute Gasteiger partial charge is 0.165 e. The van der Waals surface area contributed by atoms with Crippen LogP contribution >= 0.6 is 24.0 Å². The van der Waals surface area contributed by atoms with Gasteiger partial charge in [-0.05, 0) is 75.5 Å². The lowest BCUT2D eigenvalue weighted by molar-refractivity contribution is -0.0963. The van der Waals surface area contributed by atoms with E-state index in [0.717, 1.165) is 30.7 Å². The summed E-state index contributed by atoms with van der Waals surface area (Å²) < 4.78 is 68.5. The molecule has 0 radical (unpaired) electrons. The third-order valence-electron chi connectivity index (χ3n) is 8.21. The Morgan fingerprint density at radius 3 is 2.59 bits per heavy atom. The second kappa shape index (κ2) is 11.3. The fourth-order valence-corrected chi connectivity index (χ4v) is 8.38. The normalized spacial score (nSPS) is 27.9. The van der Waals surface area contributed by atoms with E-state index in [0.29, 0.717) is 43.9 Å². The molecule has 0 amide bonds. The zero-order valence-electron chi connectivity index (χ0n) is 20.8. The van der Waals surface area contributed by atoms with Gasteiger partial charge in [0.15, 0.2) is 21.4 Å².